The Labute approximate surface area is 197 Å². The molecule has 1 atom stereocenters. The average molecular weight is 449 g/mol. The Kier molecular flexibility index (Phi) is 8.13. The first kappa shape index (κ1) is 23.5. The van der Waals surface area contributed by atoms with Gasteiger partial charge in [0, 0.05) is 52.2 Å². The second-order valence-electron chi connectivity index (χ2n) is 9.05. The molecule has 2 aromatic rings. The third-order valence-electron chi connectivity index (χ3n) is 6.91. The van der Waals surface area contributed by atoms with Crippen molar-refractivity contribution in [3.8, 4) is 0 Å². The quantitative estimate of drug-likeness (QED) is 0.674. The van der Waals surface area contributed by atoms with Crippen LogP contribution in [0.4, 0.5) is 0 Å². The van der Waals surface area contributed by atoms with E-state index in [0.717, 1.165) is 63.2 Å². The molecule has 2 saturated heterocycles. The van der Waals surface area contributed by atoms with Crippen LogP contribution in [0.2, 0.25) is 0 Å². The van der Waals surface area contributed by atoms with Crippen LogP contribution in [0, 0.1) is 0 Å². The molecule has 33 heavy (non-hydrogen) atoms. The lowest BCUT2D eigenvalue weighted by Gasteiger charge is -2.35. The molecule has 0 bridgehead atoms. The lowest BCUT2D eigenvalue weighted by molar-refractivity contribution is -0.142. The lowest BCUT2D eigenvalue weighted by atomic mass is 10.00. The van der Waals surface area contributed by atoms with Crippen molar-refractivity contribution >= 4 is 11.8 Å². The van der Waals surface area contributed by atoms with E-state index in [4.69, 9.17) is 0 Å². The number of carbonyl (C=O) groups excluding carboxylic acids is 2. The minimum Gasteiger partial charge on any atom is -0.350 e. The van der Waals surface area contributed by atoms with Crippen LogP contribution in [-0.2, 0) is 22.7 Å². The van der Waals surface area contributed by atoms with E-state index < -0.39 is 6.04 Å². The molecule has 2 amide bonds. The normalized spacial score (nSPS) is 18.8. The number of amides is 2. The summed E-state index contributed by atoms with van der Waals surface area (Å²) in [6.07, 6.45) is 2.36. The molecule has 1 unspecified atom stereocenters. The molecule has 0 aliphatic carbocycles. The molecule has 6 nitrogen and oxygen atoms in total. The van der Waals surface area contributed by atoms with Gasteiger partial charge in [-0.2, -0.15) is 0 Å². The van der Waals surface area contributed by atoms with Crippen LogP contribution in [0.3, 0.4) is 0 Å². The van der Waals surface area contributed by atoms with Crippen LogP contribution in [-0.4, -0.2) is 65.8 Å². The Morgan fingerprint density at radius 1 is 0.879 bits per heavy atom. The van der Waals surface area contributed by atoms with Crippen LogP contribution >= 0.6 is 0 Å². The molecular formula is C27H36N4O2. The summed E-state index contributed by atoms with van der Waals surface area (Å²) in [5, 5.41) is 3.15. The zero-order chi connectivity index (χ0) is 23.0. The van der Waals surface area contributed by atoms with Gasteiger partial charge in [0.05, 0.1) is 0 Å². The number of rotatable bonds is 8. The summed E-state index contributed by atoms with van der Waals surface area (Å²) in [7, 11) is 0. The van der Waals surface area contributed by atoms with Crippen LogP contribution in [0.5, 0.6) is 0 Å². The van der Waals surface area contributed by atoms with Crippen LogP contribution in [0.1, 0.15) is 48.9 Å². The number of benzene rings is 2. The van der Waals surface area contributed by atoms with Crippen molar-refractivity contribution in [2.75, 3.05) is 39.3 Å². The largest absolute Gasteiger partial charge is 0.350 e. The van der Waals surface area contributed by atoms with E-state index in [1.165, 1.54) is 5.56 Å². The number of piperidine rings is 1. The minimum absolute atomic E-state index is 0.0666. The Balaban J connectivity index is 1.44. The van der Waals surface area contributed by atoms with E-state index in [1.807, 2.05) is 36.4 Å². The number of carbonyl (C=O) groups is 2. The van der Waals surface area contributed by atoms with Gasteiger partial charge in [-0.3, -0.25) is 14.5 Å². The first-order valence-corrected chi connectivity index (χ1v) is 12.3. The number of nitrogens with one attached hydrogen (secondary N) is 1. The number of piperazine rings is 1. The zero-order valence-electron chi connectivity index (χ0n) is 19.7. The van der Waals surface area contributed by atoms with Gasteiger partial charge in [0.2, 0.25) is 11.8 Å². The SMILES string of the molecule is CCN1CCN(Cc2ccccc2CNC(=O)C(c2ccccc2)N2CCCCC2=O)CC1. The number of likely N-dealkylation sites (N-methyl/N-ethyl adjacent to an activating group) is 1. The predicted molar refractivity (Wildman–Crippen MR) is 130 cm³/mol. The number of likely N-dealkylation sites (tertiary alicyclic amines) is 1. The van der Waals surface area contributed by atoms with E-state index in [9.17, 15) is 9.59 Å². The van der Waals surface area contributed by atoms with Gasteiger partial charge in [0.1, 0.15) is 6.04 Å². The van der Waals surface area contributed by atoms with Gasteiger partial charge in [0.25, 0.3) is 0 Å². The smallest absolute Gasteiger partial charge is 0.247 e. The molecule has 1 N–H and O–H groups in total. The van der Waals surface area contributed by atoms with Crippen molar-refractivity contribution in [1.82, 2.24) is 20.0 Å². The summed E-state index contributed by atoms with van der Waals surface area (Å²) in [6, 6.07) is 17.5. The predicted octanol–water partition coefficient (Wildman–Crippen LogP) is 3.19. The molecular weight excluding hydrogens is 412 g/mol. The van der Waals surface area contributed by atoms with Gasteiger partial charge >= 0.3 is 0 Å². The maximum Gasteiger partial charge on any atom is 0.247 e. The molecule has 0 radical (unpaired) electrons. The fourth-order valence-electron chi connectivity index (χ4n) is 4.88. The maximum absolute atomic E-state index is 13.4. The van der Waals surface area contributed by atoms with E-state index in [-0.39, 0.29) is 11.8 Å². The molecule has 2 aliphatic heterocycles. The van der Waals surface area contributed by atoms with E-state index >= 15 is 0 Å². The monoisotopic (exact) mass is 448 g/mol. The van der Waals surface area contributed by atoms with Gasteiger partial charge in [-0.15, -0.1) is 0 Å². The minimum atomic E-state index is -0.576. The Bertz CT molecular complexity index is 925. The van der Waals surface area contributed by atoms with Crippen LogP contribution in [0.15, 0.2) is 54.6 Å². The maximum atomic E-state index is 13.4. The first-order chi connectivity index (χ1) is 16.2. The van der Waals surface area contributed by atoms with Gasteiger partial charge in [0.15, 0.2) is 0 Å². The molecule has 176 valence electrons. The molecule has 2 heterocycles. The number of nitrogens with zero attached hydrogens (tertiary/aromatic N) is 3. The first-order valence-electron chi connectivity index (χ1n) is 12.3. The highest BCUT2D eigenvalue weighted by Crippen LogP contribution is 2.26. The summed E-state index contributed by atoms with van der Waals surface area (Å²) in [5.74, 6) is -0.0420. The average Bonchev–Trinajstić information content (AvgIpc) is 2.86. The highest BCUT2D eigenvalue weighted by atomic mass is 16.2. The fraction of sp³-hybridized carbons (Fsp3) is 0.481. The van der Waals surface area contributed by atoms with Gasteiger partial charge in [-0.05, 0) is 36.1 Å². The summed E-state index contributed by atoms with van der Waals surface area (Å²) >= 11 is 0. The second-order valence-corrected chi connectivity index (χ2v) is 9.05. The zero-order valence-corrected chi connectivity index (χ0v) is 19.7. The summed E-state index contributed by atoms with van der Waals surface area (Å²) in [5.41, 5.74) is 3.26. The van der Waals surface area contributed by atoms with Crippen LogP contribution < -0.4 is 5.32 Å². The van der Waals surface area contributed by atoms with E-state index in [1.54, 1.807) is 4.90 Å². The van der Waals surface area contributed by atoms with E-state index in [0.29, 0.717) is 19.5 Å². The standard InChI is InChI=1S/C27H36N4O2/c1-2-29-16-18-30(19-17-29)21-24-13-7-6-12-23(24)20-28-27(33)26(22-10-4-3-5-11-22)31-15-9-8-14-25(31)32/h3-7,10-13,26H,2,8-9,14-21H2,1H3,(H,28,33). The third-order valence-corrected chi connectivity index (χ3v) is 6.91. The molecule has 0 aromatic heterocycles. The Morgan fingerprint density at radius 2 is 1.55 bits per heavy atom. The number of hydrogen-bond donors (Lipinski definition) is 1. The van der Waals surface area contributed by atoms with Crippen molar-refractivity contribution in [2.45, 2.75) is 45.3 Å². The Hall–Kier alpha value is -2.70. The Morgan fingerprint density at radius 3 is 2.24 bits per heavy atom. The highest BCUT2D eigenvalue weighted by Gasteiger charge is 2.32. The molecule has 2 aliphatic rings. The van der Waals surface area contributed by atoms with Crippen molar-refractivity contribution in [3.05, 3.63) is 71.3 Å². The second kappa shape index (κ2) is 11.4. The topological polar surface area (TPSA) is 55.9 Å². The lowest BCUT2D eigenvalue weighted by Crippen LogP contribution is -2.46. The molecule has 6 heteroatoms. The third kappa shape index (κ3) is 6.01. The molecule has 0 spiro atoms. The fourth-order valence-corrected chi connectivity index (χ4v) is 4.88. The molecule has 4 rings (SSSR count). The van der Waals surface area contributed by atoms with Crippen molar-refractivity contribution in [2.24, 2.45) is 0 Å². The van der Waals surface area contributed by atoms with E-state index in [2.05, 4.69) is 40.2 Å². The van der Waals surface area contributed by atoms with Crippen molar-refractivity contribution < 1.29 is 9.59 Å². The molecule has 2 aromatic carbocycles. The summed E-state index contributed by atoms with van der Waals surface area (Å²) in [6.45, 7) is 9.68. The molecule has 0 saturated carbocycles. The van der Waals surface area contributed by atoms with Crippen molar-refractivity contribution in [1.29, 1.82) is 0 Å². The van der Waals surface area contributed by atoms with Gasteiger partial charge in [-0.1, -0.05) is 61.5 Å². The molecule has 2 fully saturated rings. The van der Waals surface area contributed by atoms with Gasteiger partial charge < -0.3 is 15.1 Å². The van der Waals surface area contributed by atoms with Crippen molar-refractivity contribution in [3.63, 3.8) is 0 Å². The summed E-state index contributed by atoms with van der Waals surface area (Å²) in [4.78, 5) is 32.8. The van der Waals surface area contributed by atoms with Gasteiger partial charge in [-0.25, -0.2) is 0 Å². The van der Waals surface area contributed by atoms with Crippen LogP contribution in [0.25, 0.3) is 0 Å². The number of hydrogen-bond acceptors (Lipinski definition) is 4. The highest BCUT2D eigenvalue weighted by molar-refractivity contribution is 5.89. The summed E-state index contributed by atoms with van der Waals surface area (Å²) < 4.78 is 0.